The van der Waals surface area contributed by atoms with E-state index < -0.39 is 0 Å². The highest BCUT2D eigenvalue weighted by molar-refractivity contribution is 5.94. The summed E-state index contributed by atoms with van der Waals surface area (Å²) in [6.45, 7) is 3.71. The van der Waals surface area contributed by atoms with Crippen LogP contribution >= 0.6 is 0 Å². The minimum atomic E-state index is -0.254. The molecule has 0 bridgehead atoms. The monoisotopic (exact) mass is 319 g/mol. The quantitative estimate of drug-likeness (QED) is 0.787. The van der Waals surface area contributed by atoms with E-state index >= 15 is 0 Å². The van der Waals surface area contributed by atoms with Crippen molar-refractivity contribution in [3.05, 3.63) is 35.9 Å². The van der Waals surface area contributed by atoms with Gasteiger partial charge in [-0.15, -0.1) is 0 Å². The zero-order valence-electron chi connectivity index (χ0n) is 13.8. The van der Waals surface area contributed by atoms with Crippen LogP contribution in [-0.4, -0.2) is 44.5 Å². The number of aliphatic hydroxyl groups is 1. The van der Waals surface area contributed by atoms with Gasteiger partial charge in [0.2, 0.25) is 5.91 Å². The van der Waals surface area contributed by atoms with Crippen molar-refractivity contribution in [2.75, 3.05) is 33.5 Å². The molecule has 5 nitrogen and oxygen atoms in total. The molecule has 0 saturated carbocycles. The summed E-state index contributed by atoms with van der Waals surface area (Å²) in [7, 11) is 1.62. The molecule has 0 unspecified atom stereocenters. The lowest BCUT2D eigenvalue weighted by atomic mass is 9.81. The number of carbonyl (C=O) groups excluding carboxylic acids is 1. The first-order valence-corrected chi connectivity index (χ1v) is 7.88. The van der Waals surface area contributed by atoms with Gasteiger partial charge < -0.3 is 19.9 Å². The third-order valence-corrected chi connectivity index (χ3v) is 4.42. The van der Waals surface area contributed by atoms with Crippen LogP contribution in [0.2, 0.25) is 0 Å². The summed E-state index contributed by atoms with van der Waals surface area (Å²) in [5.41, 5.74) is 1.61. The standard InChI is InChI=1S/C18H25NO4/c1-14(15-3-5-16(22-2)6-4-15)11-17(21)19-12-18(13-20)7-9-23-10-8-18/h3-6,11,20H,7-10,12-13H2,1-2H3,(H,19,21)/b14-11+. The van der Waals surface area contributed by atoms with Crippen molar-refractivity contribution in [2.24, 2.45) is 5.41 Å². The van der Waals surface area contributed by atoms with Gasteiger partial charge >= 0.3 is 0 Å². The molecule has 1 fully saturated rings. The maximum absolute atomic E-state index is 12.1. The van der Waals surface area contributed by atoms with Gasteiger partial charge in [-0.3, -0.25) is 4.79 Å². The van der Waals surface area contributed by atoms with E-state index in [1.807, 2.05) is 31.2 Å². The summed E-state index contributed by atoms with van der Waals surface area (Å²) >= 11 is 0. The topological polar surface area (TPSA) is 67.8 Å². The van der Waals surface area contributed by atoms with E-state index in [1.165, 1.54) is 0 Å². The second kappa shape index (κ2) is 8.13. The number of hydrogen-bond donors (Lipinski definition) is 2. The fourth-order valence-corrected chi connectivity index (χ4v) is 2.65. The molecule has 0 radical (unpaired) electrons. The Hall–Kier alpha value is -1.85. The molecule has 1 aliphatic heterocycles. The second-order valence-electron chi connectivity index (χ2n) is 6.04. The van der Waals surface area contributed by atoms with Gasteiger partial charge in [-0.1, -0.05) is 12.1 Å². The molecule has 23 heavy (non-hydrogen) atoms. The van der Waals surface area contributed by atoms with E-state index in [9.17, 15) is 9.90 Å². The van der Waals surface area contributed by atoms with Crippen LogP contribution in [0.4, 0.5) is 0 Å². The third kappa shape index (κ3) is 4.81. The summed E-state index contributed by atoms with van der Waals surface area (Å²) in [5.74, 6) is 0.646. The van der Waals surface area contributed by atoms with E-state index in [2.05, 4.69) is 5.32 Å². The third-order valence-electron chi connectivity index (χ3n) is 4.42. The number of hydrogen-bond acceptors (Lipinski definition) is 4. The molecule has 0 spiro atoms. The van der Waals surface area contributed by atoms with Gasteiger partial charge in [0.15, 0.2) is 0 Å². The van der Waals surface area contributed by atoms with Gasteiger partial charge in [0.25, 0.3) is 0 Å². The zero-order valence-corrected chi connectivity index (χ0v) is 13.8. The fraction of sp³-hybridized carbons (Fsp3) is 0.500. The van der Waals surface area contributed by atoms with Crippen molar-refractivity contribution < 1.29 is 19.4 Å². The average molecular weight is 319 g/mol. The zero-order chi connectivity index (χ0) is 16.7. The van der Waals surface area contributed by atoms with Crippen molar-refractivity contribution in [1.29, 1.82) is 0 Å². The minimum Gasteiger partial charge on any atom is -0.497 e. The largest absolute Gasteiger partial charge is 0.497 e. The first kappa shape index (κ1) is 17.5. The van der Waals surface area contributed by atoms with Crippen molar-refractivity contribution in [2.45, 2.75) is 19.8 Å². The van der Waals surface area contributed by atoms with Gasteiger partial charge in [0.05, 0.1) is 13.7 Å². The van der Waals surface area contributed by atoms with Gasteiger partial charge in [0.1, 0.15) is 5.75 Å². The number of ether oxygens (including phenoxy) is 2. The van der Waals surface area contributed by atoms with E-state index in [1.54, 1.807) is 13.2 Å². The molecule has 2 rings (SSSR count). The molecule has 1 aromatic carbocycles. The van der Waals surface area contributed by atoms with Crippen LogP contribution in [0.3, 0.4) is 0 Å². The molecular formula is C18H25NO4. The van der Waals surface area contributed by atoms with Crippen LogP contribution in [0.15, 0.2) is 30.3 Å². The number of methoxy groups -OCH3 is 1. The molecule has 1 amide bonds. The lowest BCUT2D eigenvalue weighted by Crippen LogP contribution is -2.43. The smallest absolute Gasteiger partial charge is 0.244 e. The number of amides is 1. The maximum atomic E-state index is 12.1. The number of benzene rings is 1. The summed E-state index contributed by atoms with van der Waals surface area (Å²) in [6.07, 6.45) is 3.13. The number of carbonyl (C=O) groups is 1. The van der Waals surface area contributed by atoms with Crippen LogP contribution in [0.1, 0.15) is 25.3 Å². The molecule has 1 heterocycles. The molecule has 126 valence electrons. The number of rotatable bonds is 6. The highest BCUT2D eigenvalue weighted by Gasteiger charge is 2.32. The number of nitrogens with one attached hydrogen (secondary N) is 1. The predicted molar refractivity (Wildman–Crippen MR) is 89.2 cm³/mol. The predicted octanol–water partition coefficient (Wildman–Crippen LogP) is 2.00. The lowest BCUT2D eigenvalue weighted by Gasteiger charge is -2.35. The van der Waals surface area contributed by atoms with Crippen LogP contribution in [0, 0.1) is 5.41 Å². The van der Waals surface area contributed by atoms with Crippen molar-refractivity contribution in [1.82, 2.24) is 5.32 Å². The van der Waals surface area contributed by atoms with E-state index in [-0.39, 0.29) is 17.9 Å². The van der Waals surface area contributed by atoms with Gasteiger partial charge in [-0.2, -0.15) is 0 Å². The Bertz CT molecular complexity index is 545. The molecule has 5 heteroatoms. The first-order chi connectivity index (χ1) is 11.1. The Kier molecular flexibility index (Phi) is 6.19. The van der Waals surface area contributed by atoms with Crippen molar-refractivity contribution in [3.63, 3.8) is 0 Å². The Morgan fingerprint density at radius 1 is 1.35 bits per heavy atom. The van der Waals surface area contributed by atoms with Crippen LogP contribution in [0.5, 0.6) is 5.75 Å². The van der Waals surface area contributed by atoms with Crippen LogP contribution in [-0.2, 0) is 9.53 Å². The lowest BCUT2D eigenvalue weighted by molar-refractivity contribution is -0.117. The van der Waals surface area contributed by atoms with Gasteiger partial charge in [-0.05, 0) is 43.0 Å². The SMILES string of the molecule is COc1ccc(/C(C)=C/C(=O)NCC2(CO)CCOCC2)cc1. The number of allylic oxidation sites excluding steroid dienone is 1. The Labute approximate surface area is 137 Å². The molecule has 2 N–H and O–H groups in total. The molecular weight excluding hydrogens is 294 g/mol. The molecule has 0 atom stereocenters. The molecule has 0 aromatic heterocycles. The maximum Gasteiger partial charge on any atom is 0.244 e. The molecule has 1 saturated heterocycles. The van der Waals surface area contributed by atoms with E-state index in [0.29, 0.717) is 19.8 Å². The summed E-state index contributed by atoms with van der Waals surface area (Å²) in [6, 6.07) is 7.58. The van der Waals surface area contributed by atoms with Crippen molar-refractivity contribution in [3.8, 4) is 5.75 Å². The van der Waals surface area contributed by atoms with Crippen LogP contribution in [0.25, 0.3) is 5.57 Å². The normalized spacial score (nSPS) is 17.6. The highest BCUT2D eigenvalue weighted by Crippen LogP contribution is 2.29. The van der Waals surface area contributed by atoms with Gasteiger partial charge in [-0.25, -0.2) is 0 Å². The Morgan fingerprint density at radius 3 is 2.57 bits per heavy atom. The minimum absolute atomic E-state index is 0.0673. The number of aliphatic hydroxyl groups excluding tert-OH is 1. The van der Waals surface area contributed by atoms with E-state index in [4.69, 9.17) is 9.47 Å². The van der Waals surface area contributed by atoms with E-state index in [0.717, 1.165) is 29.7 Å². The molecule has 1 aromatic rings. The first-order valence-electron chi connectivity index (χ1n) is 7.88. The van der Waals surface area contributed by atoms with Crippen molar-refractivity contribution >= 4 is 11.5 Å². The summed E-state index contributed by atoms with van der Waals surface area (Å²) in [4.78, 5) is 12.1. The summed E-state index contributed by atoms with van der Waals surface area (Å²) < 4.78 is 10.5. The van der Waals surface area contributed by atoms with Gasteiger partial charge in [0, 0.05) is 31.2 Å². The molecule has 0 aliphatic carbocycles. The Morgan fingerprint density at radius 2 is 2.00 bits per heavy atom. The second-order valence-corrected chi connectivity index (χ2v) is 6.04. The molecule has 1 aliphatic rings. The average Bonchev–Trinajstić information content (AvgIpc) is 2.61. The fourth-order valence-electron chi connectivity index (χ4n) is 2.65. The van der Waals surface area contributed by atoms with Crippen LogP contribution < -0.4 is 10.1 Å². The highest BCUT2D eigenvalue weighted by atomic mass is 16.5. The summed E-state index contributed by atoms with van der Waals surface area (Å²) in [5, 5.41) is 12.5. The Balaban J connectivity index is 1.94.